The number of benzene rings is 1. The van der Waals surface area contributed by atoms with Gasteiger partial charge in [-0.2, -0.15) is 0 Å². The fraction of sp³-hybridized carbons (Fsp3) is 0.182. The highest BCUT2D eigenvalue weighted by molar-refractivity contribution is 8.02. The topological polar surface area (TPSA) is 49.3 Å². The molecular weight excluding hydrogens is 210 g/mol. The zero-order valence-corrected chi connectivity index (χ0v) is 9.25. The SMILES string of the molecule is CS/C(=C/c1ccc(O)cc1)CNC=O. The second-order valence-electron chi connectivity index (χ2n) is 2.91. The number of phenols is 1. The molecule has 0 spiro atoms. The van der Waals surface area contributed by atoms with E-state index >= 15 is 0 Å². The lowest BCUT2D eigenvalue weighted by Gasteiger charge is -2.03. The number of thioether (sulfide) groups is 1. The first-order chi connectivity index (χ1) is 7.26. The molecule has 2 N–H and O–H groups in total. The van der Waals surface area contributed by atoms with E-state index in [1.54, 1.807) is 23.9 Å². The van der Waals surface area contributed by atoms with Gasteiger partial charge in [0.2, 0.25) is 6.41 Å². The van der Waals surface area contributed by atoms with Crippen molar-refractivity contribution in [1.82, 2.24) is 5.32 Å². The van der Waals surface area contributed by atoms with Gasteiger partial charge >= 0.3 is 0 Å². The summed E-state index contributed by atoms with van der Waals surface area (Å²) in [4.78, 5) is 11.2. The molecule has 15 heavy (non-hydrogen) atoms. The predicted molar refractivity (Wildman–Crippen MR) is 63.7 cm³/mol. The number of amides is 1. The van der Waals surface area contributed by atoms with Crippen molar-refractivity contribution in [1.29, 1.82) is 0 Å². The molecule has 0 heterocycles. The number of hydrogen-bond donors (Lipinski definition) is 2. The molecule has 0 aliphatic carbocycles. The summed E-state index contributed by atoms with van der Waals surface area (Å²) in [7, 11) is 0. The van der Waals surface area contributed by atoms with Crippen LogP contribution < -0.4 is 5.32 Å². The second-order valence-corrected chi connectivity index (χ2v) is 3.84. The maximum absolute atomic E-state index is 10.1. The first kappa shape index (κ1) is 11.7. The van der Waals surface area contributed by atoms with E-state index in [4.69, 9.17) is 5.11 Å². The average molecular weight is 223 g/mol. The van der Waals surface area contributed by atoms with Crippen LogP contribution in [-0.2, 0) is 4.79 Å². The third-order valence-corrected chi connectivity index (χ3v) is 2.63. The fourth-order valence-electron chi connectivity index (χ4n) is 1.08. The number of hydrogen-bond acceptors (Lipinski definition) is 3. The Kier molecular flexibility index (Phi) is 4.77. The van der Waals surface area contributed by atoms with Crippen LogP contribution in [0.15, 0.2) is 29.2 Å². The van der Waals surface area contributed by atoms with Crippen LogP contribution in [-0.4, -0.2) is 24.3 Å². The Bertz CT molecular complexity index is 346. The van der Waals surface area contributed by atoms with Crippen LogP contribution in [0.3, 0.4) is 0 Å². The average Bonchev–Trinajstić information content (AvgIpc) is 2.27. The maximum Gasteiger partial charge on any atom is 0.207 e. The van der Waals surface area contributed by atoms with Crippen molar-refractivity contribution in [3.05, 3.63) is 34.7 Å². The summed E-state index contributed by atoms with van der Waals surface area (Å²) in [5.74, 6) is 0.254. The van der Waals surface area contributed by atoms with Crippen molar-refractivity contribution < 1.29 is 9.90 Å². The van der Waals surface area contributed by atoms with Crippen LogP contribution in [0.2, 0.25) is 0 Å². The van der Waals surface area contributed by atoms with Crippen LogP contribution >= 0.6 is 11.8 Å². The number of phenolic OH excluding ortho intramolecular Hbond substituents is 1. The second kappa shape index (κ2) is 6.14. The molecule has 0 saturated heterocycles. The molecule has 0 aliphatic heterocycles. The maximum atomic E-state index is 10.1. The number of nitrogens with one attached hydrogen (secondary N) is 1. The van der Waals surface area contributed by atoms with Gasteiger partial charge in [0.1, 0.15) is 5.75 Å². The van der Waals surface area contributed by atoms with Crippen molar-refractivity contribution >= 4 is 24.2 Å². The first-order valence-corrected chi connectivity index (χ1v) is 5.69. The summed E-state index contributed by atoms with van der Waals surface area (Å²) in [5.41, 5.74) is 1.00. The molecule has 1 aromatic carbocycles. The minimum Gasteiger partial charge on any atom is -0.508 e. The lowest BCUT2D eigenvalue weighted by Crippen LogP contribution is -2.12. The van der Waals surface area contributed by atoms with E-state index in [9.17, 15) is 4.79 Å². The molecule has 0 saturated carbocycles. The smallest absolute Gasteiger partial charge is 0.207 e. The number of rotatable bonds is 5. The van der Waals surface area contributed by atoms with Crippen molar-refractivity contribution in [3.8, 4) is 5.75 Å². The van der Waals surface area contributed by atoms with Gasteiger partial charge < -0.3 is 10.4 Å². The monoisotopic (exact) mass is 223 g/mol. The van der Waals surface area contributed by atoms with E-state index in [1.807, 2.05) is 24.5 Å². The Balaban J connectivity index is 2.73. The van der Waals surface area contributed by atoms with E-state index in [0.29, 0.717) is 13.0 Å². The lowest BCUT2D eigenvalue weighted by atomic mass is 10.2. The molecule has 1 amide bonds. The predicted octanol–water partition coefficient (Wildman–Crippen LogP) is 1.84. The first-order valence-electron chi connectivity index (χ1n) is 4.47. The minimum atomic E-state index is 0.254. The molecule has 4 heteroatoms. The molecule has 0 fully saturated rings. The zero-order chi connectivity index (χ0) is 11.1. The summed E-state index contributed by atoms with van der Waals surface area (Å²) >= 11 is 1.59. The van der Waals surface area contributed by atoms with Crippen molar-refractivity contribution in [2.75, 3.05) is 12.8 Å². The van der Waals surface area contributed by atoms with Crippen molar-refractivity contribution in [3.63, 3.8) is 0 Å². The summed E-state index contributed by atoms with van der Waals surface area (Å²) in [6.45, 7) is 0.533. The van der Waals surface area contributed by atoms with E-state index in [0.717, 1.165) is 10.5 Å². The van der Waals surface area contributed by atoms with Gasteiger partial charge in [-0.05, 0) is 30.0 Å². The standard InChI is InChI=1S/C11H13NO2S/c1-15-11(7-12-8-13)6-9-2-4-10(14)5-3-9/h2-6,8,14H,7H2,1H3,(H,12,13)/b11-6+. The molecule has 0 unspecified atom stereocenters. The molecule has 0 aliphatic rings. The largest absolute Gasteiger partial charge is 0.508 e. The molecule has 1 aromatic rings. The Morgan fingerprint density at radius 2 is 2.13 bits per heavy atom. The number of carbonyl (C=O) groups is 1. The lowest BCUT2D eigenvalue weighted by molar-refractivity contribution is -0.109. The van der Waals surface area contributed by atoms with Crippen molar-refractivity contribution in [2.45, 2.75) is 0 Å². The molecule has 1 rings (SSSR count). The third-order valence-electron chi connectivity index (χ3n) is 1.84. The van der Waals surface area contributed by atoms with Gasteiger partial charge in [0.25, 0.3) is 0 Å². The van der Waals surface area contributed by atoms with Crippen molar-refractivity contribution in [2.24, 2.45) is 0 Å². The summed E-state index contributed by atoms with van der Waals surface area (Å²) in [6.07, 6.45) is 4.61. The third kappa shape index (κ3) is 4.08. The van der Waals surface area contributed by atoms with Crippen LogP contribution in [0.1, 0.15) is 5.56 Å². The van der Waals surface area contributed by atoms with Gasteiger partial charge in [0.05, 0.1) is 0 Å². The Hall–Kier alpha value is -1.42. The van der Waals surface area contributed by atoms with Crippen LogP contribution in [0.25, 0.3) is 6.08 Å². The van der Waals surface area contributed by atoms with E-state index < -0.39 is 0 Å². The zero-order valence-electron chi connectivity index (χ0n) is 8.43. The highest BCUT2D eigenvalue weighted by Crippen LogP contribution is 2.17. The van der Waals surface area contributed by atoms with Crippen LogP contribution in [0, 0.1) is 0 Å². The molecular formula is C11H13NO2S. The normalized spacial score (nSPS) is 11.1. The van der Waals surface area contributed by atoms with Gasteiger partial charge in [0.15, 0.2) is 0 Å². The van der Waals surface area contributed by atoms with Gasteiger partial charge in [0, 0.05) is 11.4 Å². The van der Waals surface area contributed by atoms with Crippen LogP contribution in [0.4, 0.5) is 0 Å². The number of aromatic hydroxyl groups is 1. The van der Waals surface area contributed by atoms with E-state index in [-0.39, 0.29) is 5.75 Å². The molecule has 0 aromatic heterocycles. The fourth-order valence-corrected chi connectivity index (χ4v) is 1.56. The molecule has 80 valence electrons. The quantitative estimate of drug-likeness (QED) is 0.749. The minimum absolute atomic E-state index is 0.254. The molecule has 0 radical (unpaired) electrons. The van der Waals surface area contributed by atoms with Crippen LogP contribution in [0.5, 0.6) is 5.75 Å². The Morgan fingerprint density at radius 3 is 2.67 bits per heavy atom. The van der Waals surface area contributed by atoms with E-state index in [2.05, 4.69) is 5.32 Å². The summed E-state index contributed by atoms with van der Waals surface area (Å²) < 4.78 is 0. The Labute approximate surface area is 93.2 Å². The highest BCUT2D eigenvalue weighted by Gasteiger charge is 1.95. The summed E-state index contributed by atoms with van der Waals surface area (Å²) in [5, 5.41) is 11.7. The molecule has 3 nitrogen and oxygen atoms in total. The number of carbonyl (C=O) groups excluding carboxylic acids is 1. The van der Waals surface area contributed by atoms with Gasteiger partial charge in [-0.1, -0.05) is 12.1 Å². The Morgan fingerprint density at radius 1 is 1.47 bits per heavy atom. The van der Waals surface area contributed by atoms with Gasteiger partial charge in [-0.25, -0.2) is 0 Å². The van der Waals surface area contributed by atoms with E-state index in [1.165, 1.54) is 0 Å². The summed E-state index contributed by atoms with van der Waals surface area (Å²) in [6, 6.07) is 6.92. The molecule has 0 atom stereocenters. The molecule has 0 bridgehead atoms. The van der Waals surface area contributed by atoms with Gasteiger partial charge in [-0.3, -0.25) is 4.79 Å². The van der Waals surface area contributed by atoms with Gasteiger partial charge in [-0.15, -0.1) is 11.8 Å². The highest BCUT2D eigenvalue weighted by atomic mass is 32.2.